The average Bonchev–Trinajstić information content (AvgIpc) is 3.30. The van der Waals surface area contributed by atoms with Crippen LogP contribution in [0.2, 0.25) is 0 Å². The van der Waals surface area contributed by atoms with Crippen LogP contribution in [0.15, 0.2) is 60.8 Å². The molecule has 2 unspecified atom stereocenters. The largest absolute Gasteiger partial charge is 0.472 e. The summed E-state index contributed by atoms with van der Waals surface area (Å²) in [5.74, 6) is -0.838. The van der Waals surface area contributed by atoms with E-state index in [0.717, 1.165) is 70.6 Å². The number of phosphoric acid groups is 1. The van der Waals surface area contributed by atoms with Crippen molar-refractivity contribution in [2.75, 3.05) is 26.4 Å². The number of carbonyl (C=O) groups is 2. The molecule has 378 valence electrons. The second-order valence-corrected chi connectivity index (χ2v) is 19.2. The van der Waals surface area contributed by atoms with Crippen molar-refractivity contribution in [1.82, 2.24) is 0 Å². The Kier molecular flexibility index (Phi) is 49.3. The van der Waals surface area contributed by atoms with Gasteiger partial charge in [-0.2, -0.15) is 0 Å². The van der Waals surface area contributed by atoms with E-state index in [1.54, 1.807) is 0 Å². The first-order valence-corrected chi connectivity index (χ1v) is 28.3. The van der Waals surface area contributed by atoms with Crippen molar-refractivity contribution in [2.45, 2.75) is 251 Å². The van der Waals surface area contributed by atoms with Crippen LogP contribution in [0, 0.1) is 0 Å². The molecular weight excluding hydrogens is 834 g/mol. The van der Waals surface area contributed by atoms with E-state index < -0.39 is 26.5 Å². The summed E-state index contributed by atoms with van der Waals surface area (Å²) in [7, 11) is -4.39. The third-order valence-electron chi connectivity index (χ3n) is 11.4. The molecule has 0 aromatic rings. The van der Waals surface area contributed by atoms with Crippen LogP contribution < -0.4 is 5.73 Å². The molecule has 0 spiro atoms. The highest BCUT2D eigenvalue weighted by Gasteiger charge is 2.26. The molecule has 0 saturated carbocycles. The molecule has 0 aliphatic rings. The number of hydrogen-bond acceptors (Lipinski definition) is 8. The highest BCUT2D eigenvalue weighted by molar-refractivity contribution is 7.47. The lowest BCUT2D eigenvalue weighted by molar-refractivity contribution is -0.161. The normalized spacial score (nSPS) is 13.6. The van der Waals surface area contributed by atoms with Gasteiger partial charge in [-0.15, -0.1) is 0 Å². The first-order valence-electron chi connectivity index (χ1n) is 26.8. The van der Waals surface area contributed by atoms with Crippen LogP contribution in [0.1, 0.15) is 245 Å². The van der Waals surface area contributed by atoms with Gasteiger partial charge in [-0.25, -0.2) is 4.57 Å². The highest BCUT2D eigenvalue weighted by atomic mass is 31.2. The monoisotopic (exact) mass is 934 g/mol. The smallest absolute Gasteiger partial charge is 0.462 e. The number of nitrogens with two attached hydrogens (primary N) is 1. The zero-order chi connectivity index (χ0) is 47.4. The first kappa shape index (κ1) is 62.7. The maximum absolute atomic E-state index is 12.7. The van der Waals surface area contributed by atoms with Gasteiger partial charge < -0.3 is 20.1 Å². The Balaban J connectivity index is 4.06. The molecule has 10 heteroatoms. The van der Waals surface area contributed by atoms with E-state index in [1.807, 2.05) is 0 Å². The molecule has 0 rings (SSSR count). The number of ether oxygens (including phenoxy) is 2. The van der Waals surface area contributed by atoms with Crippen molar-refractivity contribution < 1.29 is 37.6 Å². The Morgan fingerprint density at radius 1 is 0.462 bits per heavy atom. The van der Waals surface area contributed by atoms with Crippen LogP contribution in [-0.4, -0.2) is 49.3 Å². The van der Waals surface area contributed by atoms with E-state index in [1.165, 1.54) is 141 Å². The van der Waals surface area contributed by atoms with Crippen molar-refractivity contribution in [1.29, 1.82) is 0 Å². The Morgan fingerprint density at radius 3 is 1.18 bits per heavy atom. The van der Waals surface area contributed by atoms with Crippen LogP contribution in [0.25, 0.3) is 0 Å². The van der Waals surface area contributed by atoms with Gasteiger partial charge in [0.15, 0.2) is 6.10 Å². The van der Waals surface area contributed by atoms with E-state index in [0.29, 0.717) is 6.42 Å². The van der Waals surface area contributed by atoms with Crippen LogP contribution in [0.4, 0.5) is 0 Å². The molecule has 2 atom stereocenters. The van der Waals surface area contributed by atoms with Crippen molar-refractivity contribution >= 4 is 19.8 Å². The van der Waals surface area contributed by atoms with Gasteiger partial charge in [0, 0.05) is 19.4 Å². The third kappa shape index (κ3) is 51.0. The Labute approximate surface area is 399 Å². The molecule has 0 saturated heterocycles. The summed E-state index contributed by atoms with van der Waals surface area (Å²) >= 11 is 0. The summed E-state index contributed by atoms with van der Waals surface area (Å²) in [5, 5.41) is 0. The van der Waals surface area contributed by atoms with E-state index in [-0.39, 0.29) is 38.6 Å². The minimum Gasteiger partial charge on any atom is -0.462 e. The van der Waals surface area contributed by atoms with Crippen LogP contribution in [0.5, 0.6) is 0 Å². The fourth-order valence-electron chi connectivity index (χ4n) is 7.38. The minimum atomic E-state index is -4.39. The molecular formula is C55H100NO8P. The summed E-state index contributed by atoms with van der Waals surface area (Å²) in [6.07, 6.45) is 62.5. The molecule has 0 aromatic carbocycles. The molecule has 0 heterocycles. The van der Waals surface area contributed by atoms with Crippen molar-refractivity contribution in [3.05, 3.63) is 60.8 Å². The SMILES string of the molecule is CCCCCCC/C=C\C/C=C\C/C=C\CCCCCCCCCCC(=O)OC(COC(=O)CCCCCCCCCCC/C=C\C/C=C\CCCCCCC)COP(=O)(O)OCCN. The van der Waals surface area contributed by atoms with Gasteiger partial charge >= 0.3 is 19.8 Å². The number of unbranched alkanes of at least 4 members (excludes halogenated alkanes) is 27. The number of phosphoric ester groups is 1. The van der Waals surface area contributed by atoms with Gasteiger partial charge in [0.25, 0.3) is 0 Å². The maximum atomic E-state index is 12.7. The molecule has 0 amide bonds. The Morgan fingerprint density at radius 2 is 0.800 bits per heavy atom. The Hall–Kier alpha value is -2.29. The fraction of sp³-hybridized carbons (Fsp3) is 0.782. The van der Waals surface area contributed by atoms with E-state index in [9.17, 15) is 19.0 Å². The van der Waals surface area contributed by atoms with Gasteiger partial charge in [-0.3, -0.25) is 18.6 Å². The molecule has 3 N–H and O–H groups in total. The molecule has 0 aliphatic heterocycles. The predicted octanol–water partition coefficient (Wildman–Crippen LogP) is 16.4. The number of hydrogen-bond donors (Lipinski definition) is 2. The number of rotatable bonds is 50. The number of carbonyl (C=O) groups excluding carboxylic acids is 2. The summed E-state index contributed by atoms with van der Waals surface area (Å²) in [6.45, 7) is 3.72. The summed E-state index contributed by atoms with van der Waals surface area (Å²) in [6, 6.07) is 0. The van der Waals surface area contributed by atoms with Crippen molar-refractivity contribution in [3.8, 4) is 0 Å². The highest BCUT2D eigenvalue weighted by Crippen LogP contribution is 2.43. The lowest BCUT2D eigenvalue weighted by Gasteiger charge is -2.19. The van der Waals surface area contributed by atoms with E-state index in [2.05, 4.69) is 74.6 Å². The fourth-order valence-corrected chi connectivity index (χ4v) is 8.14. The topological polar surface area (TPSA) is 134 Å². The maximum Gasteiger partial charge on any atom is 0.472 e. The summed E-state index contributed by atoms with van der Waals surface area (Å²) in [5.41, 5.74) is 5.37. The zero-order valence-electron chi connectivity index (χ0n) is 42.0. The van der Waals surface area contributed by atoms with Crippen LogP contribution >= 0.6 is 7.82 Å². The molecule has 9 nitrogen and oxygen atoms in total. The van der Waals surface area contributed by atoms with Gasteiger partial charge in [0.2, 0.25) is 0 Å². The third-order valence-corrected chi connectivity index (χ3v) is 12.4. The molecule has 0 aromatic heterocycles. The van der Waals surface area contributed by atoms with Crippen LogP contribution in [0.3, 0.4) is 0 Å². The Bertz CT molecular complexity index is 1250. The summed E-state index contributed by atoms with van der Waals surface area (Å²) in [4.78, 5) is 35.1. The molecule has 0 fully saturated rings. The second kappa shape index (κ2) is 51.1. The lowest BCUT2D eigenvalue weighted by atomic mass is 10.1. The van der Waals surface area contributed by atoms with Crippen molar-refractivity contribution in [2.24, 2.45) is 5.73 Å². The van der Waals surface area contributed by atoms with Gasteiger partial charge in [-0.1, -0.05) is 209 Å². The van der Waals surface area contributed by atoms with E-state index >= 15 is 0 Å². The number of esters is 2. The molecule has 0 radical (unpaired) electrons. The average molecular weight is 934 g/mol. The second-order valence-electron chi connectivity index (χ2n) is 17.7. The quantitative estimate of drug-likeness (QED) is 0.0265. The van der Waals surface area contributed by atoms with E-state index in [4.69, 9.17) is 24.3 Å². The van der Waals surface area contributed by atoms with Gasteiger partial charge in [0.05, 0.1) is 13.2 Å². The van der Waals surface area contributed by atoms with Crippen LogP contribution in [-0.2, 0) is 32.7 Å². The standard InChI is InChI=1S/C55H100NO8P/c1-3-5-7-9-11-13-15-17-19-21-23-25-26-28-30-32-34-36-38-40-42-44-46-48-55(58)64-53(52-63-65(59,60)62-50-49-56)51-61-54(57)47-45-43-41-39-37-35-33-31-29-27-24-22-20-18-16-14-12-10-8-6-4-2/h15-18,21-24,26,28,53H,3-14,19-20,25,27,29-52,56H2,1-2H3,(H,59,60)/b17-15-,18-16-,23-21-,24-22-,28-26-. The van der Waals surface area contributed by atoms with Gasteiger partial charge in [-0.05, 0) is 83.5 Å². The minimum absolute atomic E-state index is 0.0494. The molecule has 65 heavy (non-hydrogen) atoms. The molecule has 0 aliphatic carbocycles. The molecule has 0 bridgehead atoms. The summed E-state index contributed by atoms with van der Waals surface area (Å²) < 4.78 is 33.0. The predicted molar refractivity (Wildman–Crippen MR) is 275 cm³/mol. The lowest BCUT2D eigenvalue weighted by Crippen LogP contribution is -2.29. The zero-order valence-corrected chi connectivity index (χ0v) is 42.9. The van der Waals surface area contributed by atoms with Gasteiger partial charge in [0.1, 0.15) is 6.61 Å². The first-order chi connectivity index (χ1) is 31.8. The van der Waals surface area contributed by atoms with Crippen molar-refractivity contribution in [3.63, 3.8) is 0 Å². The number of allylic oxidation sites excluding steroid dienone is 10.